The number of ether oxygens (including phenoxy) is 1. The van der Waals surface area contributed by atoms with Crippen molar-refractivity contribution in [1.82, 2.24) is 0 Å². The Morgan fingerprint density at radius 3 is 2.67 bits per heavy atom. The molecule has 4 heteroatoms. The van der Waals surface area contributed by atoms with Crippen LogP contribution in [0.4, 0.5) is 0 Å². The predicted octanol–water partition coefficient (Wildman–Crippen LogP) is 2.81. The molecular formula is C17H26O4. The van der Waals surface area contributed by atoms with Crippen molar-refractivity contribution in [2.24, 2.45) is 11.8 Å². The summed E-state index contributed by atoms with van der Waals surface area (Å²) in [5, 5.41) is 10.9. The number of esters is 1. The first-order valence-corrected chi connectivity index (χ1v) is 7.61. The quantitative estimate of drug-likeness (QED) is 0.579. The standard InChI is InChI=1S/C17H26O4/c1-5-6-10-21-16(19)14-9-7-8-13(4)17(14,20)15(18)11-12(2)3/h7-9,12,14,20H,5-6,10-11H2,1-4H3. The van der Waals surface area contributed by atoms with Crippen LogP contribution in [-0.2, 0) is 14.3 Å². The molecule has 0 heterocycles. The molecule has 0 fully saturated rings. The second kappa shape index (κ2) is 7.55. The first kappa shape index (κ1) is 17.6. The summed E-state index contributed by atoms with van der Waals surface area (Å²) in [4.78, 5) is 24.7. The third-order valence-electron chi connectivity index (χ3n) is 3.72. The Morgan fingerprint density at radius 1 is 1.43 bits per heavy atom. The third kappa shape index (κ3) is 4.03. The van der Waals surface area contributed by atoms with E-state index in [9.17, 15) is 14.7 Å². The van der Waals surface area contributed by atoms with E-state index in [0.717, 1.165) is 12.8 Å². The molecule has 118 valence electrons. The van der Waals surface area contributed by atoms with Gasteiger partial charge in [0.15, 0.2) is 11.4 Å². The molecule has 0 amide bonds. The van der Waals surface area contributed by atoms with Crippen LogP contribution in [-0.4, -0.2) is 29.1 Å². The van der Waals surface area contributed by atoms with Crippen molar-refractivity contribution in [3.05, 3.63) is 23.8 Å². The first-order valence-electron chi connectivity index (χ1n) is 7.61. The molecule has 0 aromatic rings. The average molecular weight is 294 g/mol. The van der Waals surface area contributed by atoms with Crippen LogP contribution in [0.25, 0.3) is 0 Å². The van der Waals surface area contributed by atoms with Gasteiger partial charge in [-0.25, -0.2) is 0 Å². The van der Waals surface area contributed by atoms with Crippen LogP contribution in [0.5, 0.6) is 0 Å². The van der Waals surface area contributed by atoms with Crippen LogP contribution in [0, 0.1) is 11.8 Å². The summed E-state index contributed by atoms with van der Waals surface area (Å²) < 4.78 is 5.19. The molecule has 21 heavy (non-hydrogen) atoms. The minimum absolute atomic E-state index is 0.122. The van der Waals surface area contributed by atoms with Crippen molar-refractivity contribution in [2.45, 2.75) is 52.6 Å². The largest absolute Gasteiger partial charge is 0.465 e. The van der Waals surface area contributed by atoms with Crippen LogP contribution in [0.1, 0.15) is 47.0 Å². The molecule has 1 rings (SSSR count). The Balaban J connectivity index is 2.94. The molecule has 2 atom stereocenters. The molecule has 1 aliphatic carbocycles. The van der Waals surface area contributed by atoms with Crippen molar-refractivity contribution in [2.75, 3.05) is 6.61 Å². The van der Waals surface area contributed by atoms with Crippen LogP contribution in [0.2, 0.25) is 0 Å². The van der Waals surface area contributed by atoms with Crippen molar-refractivity contribution < 1.29 is 19.4 Å². The van der Waals surface area contributed by atoms with Gasteiger partial charge in [0, 0.05) is 6.42 Å². The maximum absolute atomic E-state index is 12.5. The number of carbonyl (C=O) groups excluding carboxylic acids is 2. The molecule has 0 bridgehead atoms. The van der Waals surface area contributed by atoms with E-state index in [2.05, 4.69) is 0 Å². The Kier molecular flexibility index (Phi) is 6.34. The van der Waals surface area contributed by atoms with Gasteiger partial charge in [0.05, 0.1) is 6.61 Å². The highest BCUT2D eigenvalue weighted by atomic mass is 16.5. The van der Waals surface area contributed by atoms with E-state index in [1.165, 1.54) is 0 Å². The van der Waals surface area contributed by atoms with Gasteiger partial charge in [0.2, 0.25) is 0 Å². The number of ketones is 1. The third-order valence-corrected chi connectivity index (χ3v) is 3.72. The highest BCUT2D eigenvalue weighted by molar-refractivity contribution is 5.97. The molecule has 0 spiro atoms. The number of carbonyl (C=O) groups is 2. The number of rotatable bonds is 7. The van der Waals surface area contributed by atoms with E-state index in [4.69, 9.17) is 4.74 Å². The lowest BCUT2D eigenvalue weighted by molar-refractivity contribution is -0.159. The molecule has 2 unspecified atom stereocenters. The molecule has 4 nitrogen and oxygen atoms in total. The number of allylic oxidation sites excluding steroid dienone is 2. The predicted molar refractivity (Wildman–Crippen MR) is 81.7 cm³/mol. The van der Waals surface area contributed by atoms with E-state index < -0.39 is 17.5 Å². The molecule has 0 saturated carbocycles. The number of hydrogen-bond donors (Lipinski definition) is 1. The summed E-state index contributed by atoms with van der Waals surface area (Å²) in [6.07, 6.45) is 6.85. The number of Topliss-reactive ketones (excluding diaryl/α,β-unsaturated/α-hetero) is 1. The monoisotopic (exact) mass is 294 g/mol. The minimum Gasteiger partial charge on any atom is -0.465 e. The summed E-state index contributed by atoms with van der Waals surface area (Å²) in [7, 11) is 0. The lowest BCUT2D eigenvalue weighted by Crippen LogP contribution is -2.51. The Morgan fingerprint density at radius 2 is 2.10 bits per heavy atom. The lowest BCUT2D eigenvalue weighted by atomic mass is 9.73. The molecule has 0 aromatic heterocycles. The number of aliphatic hydroxyl groups is 1. The molecule has 0 radical (unpaired) electrons. The summed E-state index contributed by atoms with van der Waals surface area (Å²) >= 11 is 0. The normalized spacial score (nSPS) is 24.9. The lowest BCUT2D eigenvalue weighted by Gasteiger charge is -2.35. The molecule has 0 aliphatic heterocycles. The van der Waals surface area contributed by atoms with Crippen LogP contribution in [0.3, 0.4) is 0 Å². The van der Waals surface area contributed by atoms with E-state index in [0.29, 0.717) is 12.2 Å². The Hall–Kier alpha value is -1.42. The zero-order chi connectivity index (χ0) is 16.0. The summed E-state index contributed by atoms with van der Waals surface area (Å²) in [6, 6.07) is 0. The number of unbranched alkanes of at least 4 members (excludes halogenated alkanes) is 1. The first-order chi connectivity index (χ1) is 9.83. The molecule has 1 N–H and O–H groups in total. The second-order valence-corrected chi connectivity index (χ2v) is 6.02. The zero-order valence-corrected chi connectivity index (χ0v) is 13.4. The average Bonchev–Trinajstić information content (AvgIpc) is 2.41. The van der Waals surface area contributed by atoms with Crippen LogP contribution >= 0.6 is 0 Å². The van der Waals surface area contributed by atoms with Crippen LogP contribution < -0.4 is 0 Å². The molecule has 1 aliphatic rings. The fourth-order valence-electron chi connectivity index (χ4n) is 2.40. The summed E-state index contributed by atoms with van der Waals surface area (Å²) in [5.41, 5.74) is -1.28. The highest BCUT2D eigenvalue weighted by Gasteiger charge is 2.49. The van der Waals surface area contributed by atoms with Gasteiger partial charge >= 0.3 is 5.97 Å². The SMILES string of the molecule is CCCCOC(=O)C1C=CC=C(C)C1(O)C(=O)CC(C)C. The van der Waals surface area contributed by atoms with Crippen molar-refractivity contribution in [3.63, 3.8) is 0 Å². The van der Waals surface area contributed by atoms with Crippen LogP contribution in [0.15, 0.2) is 23.8 Å². The highest BCUT2D eigenvalue weighted by Crippen LogP contribution is 2.34. The van der Waals surface area contributed by atoms with Gasteiger partial charge in [-0.1, -0.05) is 45.4 Å². The summed E-state index contributed by atoms with van der Waals surface area (Å²) in [5.74, 6) is -1.69. The van der Waals surface area contributed by atoms with Crippen molar-refractivity contribution in [1.29, 1.82) is 0 Å². The Bertz CT molecular complexity index is 448. The van der Waals surface area contributed by atoms with Crippen molar-refractivity contribution >= 4 is 11.8 Å². The fraction of sp³-hybridized carbons (Fsp3) is 0.647. The Labute approximate surface area is 126 Å². The molecule has 0 saturated heterocycles. The second-order valence-electron chi connectivity index (χ2n) is 6.02. The number of hydrogen-bond acceptors (Lipinski definition) is 4. The van der Waals surface area contributed by atoms with Gasteiger partial charge in [0.1, 0.15) is 5.92 Å². The van der Waals surface area contributed by atoms with Crippen molar-refractivity contribution in [3.8, 4) is 0 Å². The van der Waals surface area contributed by atoms with E-state index in [-0.39, 0.29) is 18.1 Å². The van der Waals surface area contributed by atoms with Gasteiger partial charge < -0.3 is 9.84 Å². The van der Waals surface area contributed by atoms with E-state index >= 15 is 0 Å². The van der Waals surface area contributed by atoms with Gasteiger partial charge in [-0.15, -0.1) is 0 Å². The maximum atomic E-state index is 12.5. The minimum atomic E-state index is -1.78. The van der Waals surface area contributed by atoms with E-state index in [1.807, 2.05) is 20.8 Å². The van der Waals surface area contributed by atoms with Gasteiger partial charge in [-0.3, -0.25) is 9.59 Å². The van der Waals surface area contributed by atoms with Gasteiger partial charge in [-0.05, 0) is 24.8 Å². The van der Waals surface area contributed by atoms with E-state index in [1.54, 1.807) is 25.2 Å². The molecular weight excluding hydrogens is 268 g/mol. The topological polar surface area (TPSA) is 63.6 Å². The van der Waals surface area contributed by atoms with Gasteiger partial charge in [-0.2, -0.15) is 0 Å². The smallest absolute Gasteiger partial charge is 0.316 e. The van der Waals surface area contributed by atoms with Gasteiger partial charge in [0.25, 0.3) is 0 Å². The molecule has 0 aromatic carbocycles. The fourth-order valence-corrected chi connectivity index (χ4v) is 2.40. The zero-order valence-electron chi connectivity index (χ0n) is 13.4. The maximum Gasteiger partial charge on any atom is 0.316 e. The summed E-state index contributed by atoms with van der Waals surface area (Å²) in [6.45, 7) is 7.82.